The number of hydrogen-bond donors (Lipinski definition) is 2. The average Bonchev–Trinajstić information content (AvgIpc) is 2.98. The van der Waals surface area contributed by atoms with E-state index in [1.807, 2.05) is 13.8 Å². The first-order valence-electron chi connectivity index (χ1n) is 7.71. The number of rotatable bonds is 6. The molecule has 1 aromatic heterocycles. The van der Waals surface area contributed by atoms with Crippen LogP contribution in [0, 0.1) is 0 Å². The van der Waals surface area contributed by atoms with E-state index < -0.39 is 0 Å². The van der Waals surface area contributed by atoms with Gasteiger partial charge in [0.05, 0.1) is 12.3 Å². The van der Waals surface area contributed by atoms with Gasteiger partial charge in [-0.2, -0.15) is 0 Å². The molecule has 1 amide bonds. The molecule has 6 heteroatoms. The van der Waals surface area contributed by atoms with Crippen molar-refractivity contribution in [2.75, 3.05) is 26.2 Å². The lowest BCUT2D eigenvalue weighted by molar-refractivity contribution is 0.0830. The third-order valence-corrected chi connectivity index (χ3v) is 3.99. The molecule has 0 unspecified atom stereocenters. The summed E-state index contributed by atoms with van der Waals surface area (Å²) in [7, 11) is 0. The highest BCUT2D eigenvalue weighted by atomic mass is 16.5. The van der Waals surface area contributed by atoms with Crippen LogP contribution < -0.4 is 5.32 Å². The number of hydrogen-bond acceptors (Lipinski definition) is 5. The maximum Gasteiger partial charge on any atom is 0.289 e. The summed E-state index contributed by atoms with van der Waals surface area (Å²) in [6, 6.07) is 1.92. The van der Waals surface area contributed by atoms with Crippen LogP contribution in [0.3, 0.4) is 0 Å². The zero-order valence-electron chi connectivity index (χ0n) is 12.8. The first kappa shape index (κ1) is 16.0. The number of aromatic nitrogens is 1. The molecule has 0 radical (unpaired) electrons. The number of carbonyl (C=O) groups is 1. The monoisotopic (exact) mass is 295 g/mol. The summed E-state index contributed by atoms with van der Waals surface area (Å²) < 4.78 is 5.06. The van der Waals surface area contributed by atoms with Gasteiger partial charge in [0.25, 0.3) is 5.91 Å². The summed E-state index contributed by atoms with van der Waals surface area (Å²) in [5.41, 5.74) is 0.788. The van der Waals surface area contributed by atoms with E-state index in [1.165, 1.54) is 6.42 Å². The minimum atomic E-state index is -0.230. The Morgan fingerprint density at radius 3 is 3.05 bits per heavy atom. The first-order chi connectivity index (χ1) is 10.1. The van der Waals surface area contributed by atoms with Crippen molar-refractivity contribution in [1.82, 2.24) is 15.4 Å². The van der Waals surface area contributed by atoms with Crippen LogP contribution in [0.5, 0.6) is 0 Å². The summed E-state index contributed by atoms with van der Waals surface area (Å²) in [4.78, 5) is 14.2. The average molecular weight is 295 g/mol. The van der Waals surface area contributed by atoms with E-state index in [4.69, 9.17) is 4.52 Å². The van der Waals surface area contributed by atoms with E-state index in [2.05, 4.69) is 15.4 Å². The van der Waals surface area contributed by atoms with Gasteiger partial charge in [0.2, 0.25) is 5.76 Å². The predicted molar refractivity (Wildman–Crippen MR) is 79.2 cm³/mol. The van der Waals surface area contributed by atoms with E-state index >= 15 is 0 Å². The van der Waals surface area contributed by atoms with E-state index in [0.29, 0.717) is 6.54 Å². The Morgan fingerprint density at radius 1 is 1.57 bits per heavy atom. The molecule has 1 aromatic rings. The lowest BCUT2D eigenvalue weighted by Gasteiger charge is -2.34. The number of aliphatic hydroxyl groups is 1. The lowest BCUT2D eigenvalue weighted by Crippen LogP contribution is -2.45. The fourth-order valence-electron chi connectivity index (χ4n) is 2.63. The van der Waals surface area contributed by atoms with Gasteiger partial charge in [-0.15, -0.1) is 0 Å². The predicted octanol–water partition coefficient (Wildman–Crippen LogP) is 1.37. The molecule has 0 aromatic carbocycles. The fourth-order valence-corrected chi connectivity index (χ4v) is 2.63. The van der Waals surface area contributed by atoms with Gasteiger partial charge >= 0.3 is 0 Å². The number of nitrogens with zero attached hydrogens (tertiary/aromatic N) is 2. The molecule has 1 atom stereocenters. The molecule has 2 heterocycles. The molecule has 6 nitrogen and oxygen atoms in total. The Hall–Kier alpha value is -1.40. The summed E-state index contributed by atoms with van der Waals surface area (Å²) in [5, 5.41) is 16.1. The van der Waals surface area contributed by atoms with Crippen LogP contribution >= 0.6 is 0 Å². The number of amides is 1. The Labute approximate surface area is 125 Å². The smallest absolute Gasteiger partial charge is 0.289 e. The summed E-state index contributed by atoms with van der Waals surface area (Å²) >= 11 is 0. The van der Waals surface area contributed by atoms with Crippen molar-refractivity contribution < 1.29 is 14.4 Å². The lowest BCUT2D eigenvalue weighted by atomic mass is 10.0. The summed E-state index contributed by atoms with van der Waals surface area (Å²) in [6.45, 7) is 6.49. The maximum atomic E-state index is 12.0. The van der Waals surface area contributed by atoms with E-state index in [1.54, 1.807) is 6.07 Å². The standard InChI is InChI=1S/C15H25N3O3/c1-11(2)13-9-14(21-17-13)15(20)16-6-8-18-7-4-3-5-12(18)10-19/h9,11-12,19H,3-8,10H2,1-2H3,(H,16,20)/t12-/m0/s1. The van der Waals surface area contributed by atoms with Crippen LogP contribution in [0.15, 0.2) is 10.6 Å². The maximum absolute atomic E-state index is 12.0. The highest BCUT2D eigenvalue weighted by molar-refractivity contribution is 5.91. The van der Waals surface area contributed by atoms with E-state index in [0.717, 1.165) is 31.6 Å². The van der Waals surface area contributed by atoms with Gasteiger partial charge in [-0.1, -0.05) is 25.4 Å². The number of carbonyl (C=O) groups excluding carboxylic acids is 1. The van der Waals surface area contributed by atoms with Gasteiger partial charge in [0.15, 0.2) is 0 Å². The largest absolute Gasteiger partial charge is 0.395 e. The fraction of sp³-hybridized carbons (Fsp3) is 0.733. The zero-order valence-corrected chi connectivity index (χ0v) is 12.8. The van der Waals surface area contributed by atoms with Crippen molar-refractivity contribution in [3.8, 4) is 0 Å². The van der Waals surface area contributed by atoms with Crippen molar-refractivity contribution in [2.45, 2.75) is 45.1 Å². The van der Waals surface area contributed by atoms with Gasteiger partial charge in [0.1, 0.15) is 0 Å². The molecule has 2 rings (SSSR count). The first-order valence-corrected chi connectivity index (χ1v) is 7.71. The molecule has 0 spiro atoms. The molecular formula is C15H25N3O3. The molecule has 21 heavy (non-hydrogen) atoms. The quantitative estimate of drug-likeness (QED) is 0.829. The normalized spacial score (nSPS) is 19.9. The summed E-state index contributed by atoms with van der Waals surface area (Å²) in [6.07, 6.45) is 3.36. The van der Waals surface area contributed by atoms with Gasteiger partial charge < -0.3 is 14.9 Å². The molecule has 0 bridgehead atoms. The molecular weight excluding hydrogens is 270 g/mol. The molecule has 0 aliphatic carbocycles. The second-order valence-electron chi connectivity index (χ2n) is 5.89. The Bertz CT molecular complexity index is 459. The topological polar surface area (TPSA) is 78.6 Å². The number of nitrogens with one attached hydrogen (secondary N) is 1. The number of likely N-dealkylation sites (tertiary alicyclic amines) is 1. The number of aliphatic hydroxyl groups excluding tert-OH is 1. The third-order valence-electron chi connectivity index (χ3n) is 3.99. The van der Waals surface area contributed by atoms with Gasteiger partial charge in [0, 0.05) is 25.2 Å². The van der Waals surface area contributed by atoms with Crippen molar-refractivity contribution in [3.63, 3.8) is 0 Å². The van der Waals surface area contributed by atoms with Crippen LogP contribution in [-0.4, -0.2) is 53.4 Å². The zero-order chi connectivity index (χ0) is 15.2. The van der Waals surface area contributed by atoms with Gasteiger partial charge in [-0.3, -0.25) is 9.69 Å². The van der Waals surface area contributed by atoms with Crippen LogP contribution in [-0.2, 0) is 0 Å². The van der Waals surface area contributed by atoms with E-state index in [9.17, 15) is 9.90 Å². The number of piperidine rings is 1. The Kier molecular flexibility index (Phi) is 5.76. The Morgan fingerprint density at radius 2 is 2.38 bits per heavy atom. The second-order valence-corrected chi connectivity index (χ2v) is 5.89. The Balaban J connectivity index is 1.78. The second kappa shape index (κ2) is 7.56. The van der Waals surface area contributed by atoms with Crippen LogP contribution in [0.1, 0.15) is 55.3 Å². The summed E-state index contributed by atoms with van der Waals surface area (Å²) in [5.74, 6) is 0.275. The van der Waals surface area contributed by atoms with Crippen molar-refractivity contribution in [3.05, 3.63) is 17.5 Å². The van der Waals surface area contributed by atoms with E-state index in [-0.39, 0.29) is 30.2 Å². The molecule has 2 N–H and O–H groups in total. The van der Waals surface area contributed by atoms with Crippen LogP contribution in [0.2, 0.25) is 0 Å². The minimum Gasteiger partial charge on any atom is -0.395 e. The van der Waals surface area contributed by atoms with Crippen LogP contribution in [0.4, 0.5) is 0 Å². The molecule has 118 valence electrons. The molecule has 1 fully saturated rings. The minimum absolute atomic E-state index is 0.188. The van der Waals surface area contributed by atoms with Crippen molar-refractivity contribution in [2.24, 2.45) is 0 Å². The van der Waals surface area contributed by atoms with Crippen molar-refractivity contribution in [1.29, 1.82) is 0 Å². The van der Waals surface area contributed by atoms with Gasteiger partial charge in [-0.25, -0.2) is 0 Å². The molecule has 1 aliphatic heterocycles. The third kappa shape index (κ3) is 4.28. The van der Waals surface area contributed by atoms with Crippen LogP contribution in [0.25, 0.3) is 0 Å². The highest BCUT2D eigenvalue weighted by Gasteiger charge is 2.21. The SMILES string of the molecule is CC(C)c1cc(C(=O)NCCN2CCCC[C@H]2CO)on1. The molecule has 1 saturated heterocycles. The highest BCUT2D eigenvalue weighted by Crippen LogP contribution is 2.16. The molecule has 0 saturated carbocycles. The van der Waals surface area contributed by atoms with Crippen molar-refractivity contribution >= 4 is 5.91 Å². The molecule has 1 aliphatic rings. The van der Waals surface area contributed by atoms with Gasteiger partial charge in [-0.05, 0) is 25.3 Å².